The largest absolute Gasteiger partial charge is 0.444 e. The van der Waals surface area contributed by atoms with Gasteiger partial charge in [-0.2, -0.15) is 16.8 Å². The summed E-state index contributed by atoms with van der Waals surface area (Å²) in [6, 6.07) is 1.28. The lowest BCUT2D eigenvalue weighted by Crippen LogP contribution is -2.27. The van der Waals surface area contributed by atoms with Crippen LogP contribution in [0.3, 0.4) is 0 Å². The normalized spacial score (nSPS) is 13.9. The number of hydrogen-bond donors (Lipinski definition) is 1. The first-order valence-electron chi connectivity index (χ1n) is 7.44. The molecule has 1 rings (SSSR count). The summed E-state index contributed by atoms with van der Waals surface area (Å²) in [7, 11) is -7.82. The molecule has 1 aromatic heterocycles. The average Bonchev–Trinajstić information content (AvgIpc) is 2.39. The molecule has 1 amide bonds. The predicted octanol–water partition coefficient (Wildman–Crippen LogP) is 2.08. The van der Waals surface area contributed by atoms with Gasteiger partial charge in [-0.15, -0.1) is 0 Å². The van der Waals surface area contributed by atoms with Crippen molar-refractivity contribution in [1.82, 2.24) is 4.98 Å². The minimum Gasteiger partial charge on any atom is -0.444 e. The van der Waals surface area contributed by atoms with Gasteiger partial charge in [-0.25, -0.2) is 4.79 Å². The van der Waals surface area contributed by atoms with Gasteiger partial charge >= 0.3 is 6.09 Å². The average molecular weight is 445 g/mol. The van der Waals surface area contributed by atoms with E-state index in [1.165, 1.54) is 12.3 Å². The first-order chi connectivity index (χ1) is 12.1. The smallest absolute Gasteiger partial charge is 0.412 e. The van der Waals surface area contributed by atoms with Crippen molar-refractivity contribution in [3.63, 3.8) is 0 Å². The molecule has 1 atom stereocenters. The Hall–Kier alpha value is -1.47. The summed E-state index contributed by atoms with van der Waals surface area (Å²) in [6.45, 7) is 4.42. The number of hydrogen-bond acceptors (Lipinski definition) is 9. The summed E-state index contributed by atoms with van der Waals surface area (Å²) in [5.74, 6) is 0. The highest BCUT2D eigenvalue weighted by molar-refractivity contribution is 7.86. The van der Waals surface area contributed by atoms with Crippen LogP contribution in [-0.4, -0.2) is 52.6 Å². The van der Waals surface area contributed by atoms with Gasteiger partial charge < -0.3 is 4.74 Å². The number of nitrogens with one attached hydrogen (secondary N) is 1. The van der Waals surface area contributed by atoms with Crippen LogP contribution in [0.4, 0.5) is 10.5 Å². The maximum absolute atomic E-state index is 11.8. The van der Waals surface area contributed by atoms with Crippen molar-refractivity contribution in [3.8, 4) is 0 Å². The predicted molar refractivity (Wildman–Crippen MR) is 98.6 cm³/mol. The fraction of sp³-hybridized carbons (Fsp3) is 0.571. The monoisotopic (exact) mass is 444 g/mol. The third-order valence-corrected chi connectivity index (χ3v) is 3.99. The number of rotatable bonds is 7. The molecule has 10 nitrogen and oxygen atoms in total. The van der Waals surface area contributed by atoms with Crippen LogP contribution in [0.15, 0.2) is 12.3 Å². The van der Waals surface area contributed by atoms with E-state index in [1.54, 1.807) is 20.8 Å². The number of ether oxygens (including phenoxy) is 1. The van der Waals surface area contributed by atoms with Crippen molar-refractivity contribution in [1.29, 1.82) is 0 Å². The van der Waals surface area contributed by atoms with E-state index in [4.69, 9.17) is 20.5 Å². The van der Waals surface area contributed by atoms with Gasteiger partial charge in [-0.1, -0.05) is 11.6 Å². The number of halogens is 1. The lowest BCUT2D eigenvalue weighted by Gasteiger charge is -2.20. The molecular weight excluding hydrogens is 424 g/mol. The lowest BCUT2D eigenvalue weighted by atomic mass is 10.2. The Morgan fingerprint density at radius 2 is 1.81 bits per heavy atom. The molecule has 0 spiro atoms. The molecule has 0 fully saturated rings. The number of amides is 1. The highest BCUT2D eigenvalue weighted by Gasteiger charge is 2.25. The molecule has 13 heteroatoms. The Bertz CT molecular complexity index is 894. The van der Waals surface area contributed by atoms with Crippen molar-refractivity contribution in [3.05, 3.63) is 23.0 Å². The zero-order chi connectivity index (χ0) is 21.0. The summed E-state index contributed by atoms with van der Waals surface area (Å²) < 4.78 is 59.7. The van der Waals surface area contributed by atoms with E-state index >= 15 is 0 Å². The van der Waals surface area contributed by atoms with Gasteiger partial charge in [0, 0.05) is 0 Å². The van der Waals surface area contributed by atoms with Crippen molar-refractivity contribution in [2.24, 2.45) is 0 Å². The van der Waals surface area contributed by atoms with Gasteiger partial charge in [0.1, 0.15) is 11.7 Å². The highest BCUT2D eigenvalue weighted by atomic mass is 35.5. The van der Waals surface area contributed by atoms with Gasteiger partial charge in [-0.3, -0.25) is 18.7 Å². The van der Waals surface area contributed by atoms with E-state index in [1.807, 2.05) is 0 Å². The minimum atomic E-state index is -3.97. The molecule has 0 saturated heterocycles. The van der Waals surface area contributed by atoms with Crippen LogP contribution >= 0.6 is 11.6 Å². The van der Waals surface area contributed by atoms with Crippen LogP contribution in [0.1, 0.15) is 32.6 Å². The van der Waals surface area contributed by atoms with Crippen molar-refractivity contribution < 1.29 is 34.7 Å². The van der Waals surface area contributed by atoms with Crippen LogP contribution in [0.5, 0.6) is 0 Å². The standard InChI is InChI=1S/C14H21ClN2O8S2/c1-14(2,3)24-13(18)17-9-6-10(15)12(16-7-9)11(25-27(5,21)22)8-23-26(4,19)20/h6-7,11H,8H2,1-5H3,(H,17,18). The fourth-order valence-electron chi connectivity index (χ4n) is 1.72. The minimum absolute atomic E-state index is 0.0747. The molecule has 154 valence electrons. The van der Waals surface area contributed by atoms with E-state index in [0.29, 0.717) is 0 Å². The maximum Gasteiger partial charge on any atom is 0.412 e. The molecule has 0 radical (unpaired) electrons. The molecule has 0 aromatic carbocycles. The first kappa shape index (κ1) is 23.6. The zero-order valence-corrected chi connectivity index (χ0v) is 17.7. The van der Waals surface area contributed by atoms with Crippen molar-refractivity contribution in [2.75, 3.05) is 24.4 Å². The number of anilines is 1. The summed E-state index contributed by atoms with van der Waals surface area (Å²) in [5, 5.41) is 2.34. The number of nitrogens with zero attached hydrogens (tertiary/aromatic N) is 1. The highest BCUT2D eigenvalue weighted by Crippen LogP contribution is 2.28. The summed E-state index contributed by atoms with van der Waals surface area (Å²) in [5.41, 5.74) is -0.612. The molecule has 27 heavy (non-hydrogen) atoms. The molecule has 1 N–H and O–H groups in total. The van der Waals surface area contributed by atoms with Gasteiger partial charge in [0.2, 0.25) is 0 Å². The molecule has 0 saturated carbocycles. The van der Waals surface area contributed by atoms with Crippen LogP contribution < -0.4 is 5.32 Å². The van der Waals surface area contributed by atoms with Gasteiger partial charge in [0.05, 0.1) is 41.7 Å². The fourth-order valence-corrected chi connectivity index (χ4v) is 2.95. The van der Waals surface area contributed by atoms with E-state index in [9.17, 15) is 21.6 Å². The molecule has 0 aliphatic rings. The van der Waals surface area contributed by atoms with E-state index in [-0.39, 0.29) is 16.4 Å². The summed E-state index contributed by atoms with van der Waals surface area (Å²) >= 11 is 6.09. The SMILES string of the molecule is CC(C)(C)OC(=O)Nc1cnc(C(COS(C)(=O)=O)OS(C)(=O)=O)c(Cl)c1. The molecule has 0 aliphatic heterocycles. The molecule has 1 heterocycles. The Balaban J connectivity index is 3.05. The third kappa shape index (κ3) is 9.86. The lowest BCUT2D eigenvalue weighted by molar-refractivity contribution is 0.0636. The Morgan fingerprint density at radius 3 is 2.26 bits per heavy atom. The van der Waals surface area contributed by atoms with Crippen LogP contribution in [0.2, 0.25) is 5.02 Å². The maximum atomic E-state index is 11.8. The van der Waals surface area contributed by atoms with Crippen LogP contribution in [0, 0.1) is 0 Å². The second-order valence-electron chi connectivity index (χ2n) is 6.50. The number of carbonyl (C=O) groups excluding carboxylic acids is 1. The number of aromatic nitrogens is 1. The Morgan fingerprint density at radius 1 is 1.22 bits per heavy atom. The van der Waals surface area contributed by atoms with Crippen molar-refractivity contribution >= 4 is 43.6 Å². The van der Waals surface area contributed by atoms with Gasteiger partial charge in [0.25, 0.3) is 20.2 Å². The topological polar surface area (TPSA) is 138 Å². The number of pyridine rings is 1. The summed E-state index contributed by atoms with van der Waals surface area (Å²) in [4.78, 5) is 15.7. The van der Waals surface area contributed by atoms with E-state index in [0.717, 1.165) is 12.5 Å². The first-order valence-corrected chi connectivity index (χ1v) is 11.4. The summed E-state index contributed by atoms with van der Waals surface area (Å²) in [6.07, 6.45) is 0.625. The van der Waals surface area contributed by atoms with Gasteiger partial charge in [0.15, 0.2) is 0 Å². The molecule has 1 unspecified atom stereocenters. The number of carbonyl (C=O) groups is 1. The van der Waals surface area contributed by atoms with E-state index in [2.05, 4.69) is 14.5 Å². The molecule has 0 bridgehead atoms. The second kappa shape index (κ2) is 8.69. The third-order valence-electron chi connectivity index (χ3n) is 2.54. The Labute approximate surface area is 163 Å². The van der Waals surface area contributed by atoms with E-state index < -0.39 is 44.6 Å². The Kier molecular flexibility index (Phi) is 7.59. The van der Waals surface area contributed by atoms with Gasteiger partial charge in [-0.05, 0) is 26.8 Å². The zero-order valence-electron chi connectivity index (χ0n) is 15.3. The van der Waals surface area contributed by atoms with Crippen LogP contribution in [-0.2, 0) is 33.3 Å². The second-order valence-corrected chi connectivity index (χ2v) is 10.1. The van der Waals surface area contributed by atoms with Crippen molar-refractivity contribution in [2.45, 2.75) is 32.5 Å². The molecule has 1 aromatic rings. The molecular formula is C14H21ClN2O8S2. The quantitative estimate of drug-likeness (QED) is 0.626. The van der Waals surface area contributed by atoms with Crippen LogP contribution in [0.25, 0.3) is 0 Å². The molecule has 0 aliphatic carbocycles.